The number of hydrogen-bond acceptors (Lipinski definition) is 2. The zero-order valence-corrected chi connectivity index (χ0v) is 4.52. The van der Waals surface area contributed by atoms with Crippen molar-refractivity contribution in [3.8, 4) is 0 Å². The van der Waals surface area contributed by atoms with Crippen LogP contribution in [0.15, 0.2) is 17.3 Å². The molecule has 0 bridgehead atoms. The highest BCUT2D eigenvalue weighted by Crippen LogP contribution is 1.81. The fourth-order valence-corrected chi connectivity index (χ4v) is 0.281. The van der Waals surface area contributed by atoms with Crippen molar-refractivity contribution in [2.24, 2.45) is 4.99 Å². The van der Waals surface area contributed by atoms with Gasteiger partial charge in [0, 0.05) is 6.20 Å². The van der Waals surface area contributed by atoms with E-state index in [0.29, 0.717) is 6.61 Å². The Hall–Kier alpha value is -0.500. The second kappa shape index (κ2) is 3.68. The molecule has 0 saturated carbocycles. The molecule has 0 unspecified atom stereocenters. The molecule has 0 spiro atoms. The van der Waals surface area contributed by atoms with Gasteiger partial charge in [0.2, 0.25) is 0 Å². The molecule has 0 atom stereocenters. The Balaban J connectivity index is 0.000000360. The maximum absolute atomic E-state index is 4.69. The smallest absolute Gasteiger partial charge is 0.174 e. The minimum Gasteiger partial charge on any atom is -0.479 e. The third kappa shape index (κ3) is 2.23. The minimum atomic E-state index is 0. The molecule has 0 aromatic rings. The van der Waals surface area contributed by atoms with Crippen LogP contribution in [0, 0.1) is 0 Å². The first-order valence-corrected chi connectivity index (χ1v) is 1.78. The van der Waals surface area contributed by atoms with E-state index in [4.69, 9.17) is 4.74 Å². The molecule has 1 heterocycles. The molecule has 7 heavy (non-hydrogen) atoms. The summed E-state index contributed by atoms with van der Waals surface area (Å²) >= 11 is 0. The van der Waals surface area contributed by atoms with E-state index in [9.17, 15) is 0 Å². The van der Waals surface area contributed by atoms with E-state index in [-0.39, 0.29) is 12.4 Å². The molecule has 0 fully saturated rings. The van der Waals surface area contributed by atoms with E-state index >= 15 is 0 Å². The summed E-state index contributed by atoms with van der Waals surface area (Å²) in [6.45, 7) is 0.670. The van der Waals surface area contributed by atoms with Crippen molar-refractivity contribution in [1.29, 1.82) is 0 Å². The van der Waals surface area contributed by atoms with Crippen LogP contribution >= 0.6 is 12.4 Å². The maximum Gasteiger partial charge on any atom is 0.174 e. The van der Waals surface area contributed by atoms with Crippen LogP contribution in [0.25, 0.3) is 0 Å². The van der Waals surface area contributed by atoms with E-state index < -0.39 is 0 Å². The normalized spacial score (nSPS) is 14.9. The molecule has 1 rings (SSSR count). The van der Waals surface area contributed by atoms with Gasteiger partial charge in [0.05, 0.1) is 0 Å². The van der Waals surface area contributed by atoms with Gasteiger partial charge in [-0.1, -0.05) is 0 Å². The Morgan fingerprint density at radius 3 is 2.57 bits per heavy atom. The number of aliphatic imine (C=N–C) groups is 1. The van der Waals surface area contributed by atoms with Crippen LogP contribution in [-0.2, 0) is 4.74 Å². The van der Waals surface area contributed by atoms with Gasteiger partial charge in [-0.15, -0.1) is 12.4 Å². The lowest BCUT2D eigenvalue weighted by atomic mass is 10.6. The quantitative estimate of drug-likeness (QED) is 0.466. The molecule has 0 radical (unpaired) electrons. The number of hydrogen-bond donors (Lipinski definition) is 0. The summed E-state index contributed by atoms with van der Waals surface area (Å²) in [6.07, 6.45) is 4.99. The van der Waals surface area contributed by atoms with Gasteiger partial charge in [-0.3, -0.25) is 0 Å². The summed E-state index contributed by atoms with van der Waals surface area (Å²) in [7, 11) is 0. The van der Waals surface area contributed by atoms with Crippen LogP contribution in [0.1, 0.15) is 0 Å². The number of nitrogens with zero attached hydrogens (tertiary/aromatic N) is 1. The summed E-state index contributed by atoms with van der Waals surface area (Å²) in [4.78, 5) is 3.65. The van der Waals surface area contributed by atoms with Gasteiger partial charge in [-0.25, -0.2) is 4.99 Å². The van der Waals surface area contributed by atoms with Crippen molar-refractivity contribution >= 4 is 18.8 Å². The molecule has 0 aliphatic carbocycles. The summed E-state index contributed by atoms with van der Waals surface area (Å²) in [5.41, 5.74) is 0. The average Bonchev–Trinajstić information content (AvgIpc) is 1.72. The van der Waals surface area contributed by atoms with Gasteiger partial charge in [0.15, 0.2) is 6.40 Å². The molecule has 40 valence electrons. The lowest BCUT2D eigenvalue weighted by Gasteiger charge is -1.93. The Morgan fingerprint density at radius 2 is 2.43 bits per heavy atom. The largest absolute Gasteiger partial charge is 0.479 e. The van der Waals surface area contributed by atoms with Gasteiger partial charge in [-0.05, 0) is 6.08 Å². The van der Waals surface area contributed by atoms with E-state index in [1.807, 2.05) is 6.08 Å². The third-order valence-corrected chi connectivity index (χ3v) is 0.519. The molecular formula is C4H6ClNO. The van der Waals surface area contributed by atoms with Crippen molar-refractivity contribution in [2.45, 2.75) is 0 Å². The van der Waals surface area contributed by atoms with E-state index in [0.717, 1.165) is 0 Å². The van der Waals surface area contributed by atoms with Crippen LogP contribution in [-0.4, -0.2) is 13.0 Å². The van der Waals surface area contributed by atoms with Crippen molar-refractivity contribution in [2.75, 3.05) is 6.61 Å². The maximum atomic E-state index is 4.69. The summed E-state index contributed by atoms with van der Waals surface area (Å²) in [5, 5.41) is 0. The first-order valence-electron chi connectivity index (χ1n) is 1.78. The average molecular weight is 120 g/mol. The number of halogens is 1. The van der Waals surface area contributed by atoms with Crippen LogP contribution in [0.2, 0.25) is 0 Å². The molecule has 0 amide bonds. The molecule has 1 aliphatic rings. The van der Waals surface area contributed by atoms with Crippen molar-refractivity contribution in [3.05, 3.63) is 12.3 Å². The molecule has 3 heteroatoms. The lowest BCUT2D eigenvalue weighted by Crippen LogP contribution is -1.89. The summed E-state index contributed by atoms with van der Waals surface area (Å²) in [5.74, 6) is 0. The highest BCUT2D eigenvalue weighted by atomic mass is 35.5. The first-order chi connectivity index (χ1) is 3.00. The van der Waals surface area contributed by atoms with E-state index in [1.165, 1.54) is 6.40 Å². The molecule has 0 aromatic heterocycles. The summed E-state index contributed by atoms with van der Waals surface area (Å²) in [6, 6.07) is 0. The first kappa shape index (κ1) is 6.50. The van der Waals surface area contributed by atoms with Crippen LogP contribution < -0.4 is 0 Å². The lowest BCUT2D eigenvalue weighted by molar-refractivity contribution is 0.362. The van der Waals surface area contributed by atoms with Gasteiger partial charge in [0.25, 0.3) is 0 Å². The van der Waals surface area contributed by atoms with Gasteiger partial charge < -0.3 is 4.74 Å². The molecular weight excluding hydrogens is 114 g/mol. The molecule has 0 N–H and O–H groups in total. The van der Waals surface area contributed by atoms with Crippen molar-refractivity contribution in [3.63, 3.8) is 0 Å². The van der Waals surface area contributed by atoms with Gasteiger partial charge in [0.1, 0.15) is 6.61 Å². The molecule has 0 aromatic carbocycles. The molecule has 2 nitrogen and oxygen atoms in total. The van der Waals surface area contributed by atoms with E-state index in [1.54, 1.807) is 6.20 Å². The Kier molecular flexibility index (Phi) is 3.42. The van der Waals surface area contributed by atoms with Gasteiger partial charge in [-0.2, -0.15) is 0 Å². The molecule has 0 saturated heterocycles. The highest BCUT2D eigenvalue weighted by molar-refractivity contribution is 5.85. The summed E-state index contributed by atoms with van der Waals surface area (Å²) < 4.78 is 4.69. The minimum absolute atomic E-state index is 0. The van der Waals surface area contributed by atoms with Crippen LogP contribution in [0.3, 0.4) is 0 Å². The van der Waals surface area contributed by atoms with Crippen molar-refractivity contribution < 1.29 is 4.74 Å². The molecule has 1 aliphatic heterocycles. The highest BCUT2D eigenvalue weighted by Gasteiger charge is 1.76. The second-order valence-electron chi connectivity index (χ2n) is 0.973. The fourth-order valence-electron chi connectivity index (χ4n) is 0.281. The third-order valence-electron chi connectivity index (χ3n) is 0.519. The zero-order chi connectivity index (χ0) is 4.24. The standard InChI is InChI=1S/C4H5NO.ClH/c1-2-5-4-6-3-1;/h1-2,4H,3H2;1H. The van der Waals surface area contributed by atoms with Crippen molar-refractivity contribution in [1.82, 2.24) is 0 Å². The SMILES string of the molecule is C1=CN=COC1.Cl. The zero-order valence-electron chi connectivity index (χ0n) is 3.70. The van der Waals surface area contributed by atoms with Crippen LogP contribution in [0.5, 0.6) is 0 Å². The number of ether oxygens (including phenoxy) is 1. The predicted octanol–water partition coefficient (Wildman–Crippen LogP) is 0.980. The monoisotopic (exact) mass is 119 g/mol. The Bertz CT molecular complexity index is 77.7. The fraction of sp³-hybridized carbons (Fsp3) is 0.250. The Morgan fingerprint density at radius 1 is 1.57 bits per heavy atom. The second-order valence-corrected chi connectivity index (χ2v) is 0.973. The Labute approximate surface area is 48.3 Å². The van der Waals surface area contributed by atoms with E-state index in [2.05, 4.69) is 4.99 Å². The van der Waals surface area contributed by atoms with Crippen LogP contribution in [0.4, 0.5) is 0 Å². The topological polar surface area (TPSA) is 21.6 Å². The van der Waals surface area contributed by atoms with Gasteiger partial charge >= 0.3 is 0 Å². The number of rotatable bonds is 0. The predicted molar refractivity (Wildman–Crippen MR) is 30.8 cm³/mol.